The highest BCUT2D eigenvalue weighted by atomic mass is 16.5. The van der Waals surface area contributed by atoms with Crippen LogP contribution in [0.2, 0.25) is 0 Å². The van der Waals surface area contributed by atoms with Crippen LogP contribution in [-0.4, -0.2) is 37.5 Å². The van der Waals surface area contributed by atoms with Crippen molar-refractivity contribution in [3.63, 3.8) is 0 Å². The number of aromatic nitrogens is 2. The topological polar surface area (TPSA) is 82.7 Å². The lowest BCUT2D eigenvalue weighted by atomic mass is 9.85. The normalized spacial score (nSPS) is 15.5. The molecule has 4 rings (SSSR count). The lowest BCUT2D eigenvalue weighted by Crippen LogP contribution is -2.21. The molecule has 0 saturated carbocycles. The maximum absolute atomic E-state index is 12.2. The molecule has 144 valence electrons. The van der Waals surface area contributed by atoms with Crippen molar-refractivity contribution in [2.75, 3.05) is 21.3 Å². The second kappa shape index (κ2) is 7.26. The molecule has 7 nitrogen and oxygen atoms in total. The van der Waals surface area contributed by atoms with E-state index < -0.39 is 0 Å². The van der Waals surface area contributed by atoms with Gasteiger partial charge in [-0.3, -0.25) is 9.89 Å². The third-order valence-electron chi connectivity index (χ3n) is 4.89. The van der Waals surface area contributed by atoms with E-state index in [-0.39, 0.29) is 18.3 Å². The molecular weight excluding hydrogens is 360 g/mol. The highest BCUT2D eigenvalue weighted by Crippen LogP contribution is 2.46. The molecule has 3 aromatic rings. The Morgan fingerprint density at radius 3 is 2.39 bits per heavy atom. The molecule has 1 aliphatic heterocycles. The minimum Gasteiger partial charge on any atom is -0.497 e. The molecule has 28 heavy (non-hydrogen) atoms. The Kier molecular flexibility index (Phi) is 4.65. The summed E-state index contributed by atoms with van der Waals surface area (Å²) in [5.74, 6) is 1.80. The molecule has 0 amide bonds. The summed E-state index contributed by atoms with van der Waals surface area (Å²) in [4.78, 5) is 12.2. The van der Waals surface area contributed by atoms with E-state index in [0.717, 1.165) is 28.1 Å². The average Bonchev–Trinajstić information content (AvgIpc) is 3.16. The Morgan fingerprint density at radius 1 is 1.00 bits per heavy atom. The molecular formula is C21H20N2O5. The van der Waals surface area contributed by atoms with Crippen molar-refractivity contribution in [3.05, 3.63) is 53.6 Å². The van der Waals surface area contributed by atoms with E-state index in [2.05, 4.69) is 10.2 Å². The van der Waals surface area contributed by atoms with Crippen LogP contribution in [0.15, 0.2) is 42.5 Å². The van der Waals surface area contributed by atoms with Crippen LogP contribution < -0.4 is 18.9 Å². The van der Waals surface area contributed by atoms with E-state index in [9.17, 15) is 4.79 Å². The average molecular weight is 380 g/mol. The summed E-state index contributed by atoms with van der Waals surface area (Å²) in [7, 11) is 4.82. The van der Waals surface area contributed by atoms with Crippen molar-refractivity contribution in [3.8, 4) is 34.4 Å². The van der Waals surface area contributed by atoms with Crippen molar-refractivity contribution in [2.24, 2.45) is 0 Å². The minimum atomic E-state index is -0.330. The molecule has 0 radical (unpaired) electrons. The Morgan fingerprint density at radius 2 is 1.71 bits per heavy atom. The fraction of sp³-hybridized carbons (Fsp3) is 0.238. The van der Waals surface area contributed by atoms with Gasteiger partial charge in [-0.25, -0.2) is 0 Å². The summed E-state index contributed by atoms with van der Waals surface area (Å²) in [5, 5.41) is 7.24. The minimum absolute atomic E-state index is 0.193. The van der Waals surface area contributed by atoms with Crippen LogP contribution in [0.5, 0.6) is 23.1 Å². The first kappa shape index (κ1) is 17.9. The summed E-state index contributed by atoms with van der Waals surface area (Å²) in [6.45, 7) is 0. The summed E-state index contributed by atoms with van der Waals surface area (Å²) < 4.78 is 21.5. The maximum atomic E-state index is 12.2. The fourth-order valence-electron chi connectivity index (χ4n) is 3.50. The van der Waals surface area contributed by atoms with Crippen LogP contribution in [0, 0.1) is 0 Å². The summed E-state index contributed by atoms with van der Waals surface area (Å²) in [6, 6.07) is 13.2. The second-order valence-corrected chi connectivity index (χ2v) is 6.38. The van der Waals surface area contributed by atoms with E-state index in [0.29, 0.717) is 17.4 Å². The largest absolute Gasteiger partial charge is 0.497 e. The number of fused-ring (bicyclic) bond motifs is 1. The number of hydrogen-bond donors (Lipinski definition) is 1. The Balaban J connectivity index is 1.84. The van der Waals surface area contributed by atoms with E-state index in [1.165, 1.54) is 0 Å². The predicted octanol–water partition coefficient (Wildman–Crippen LogP) is 3.54. The zero-order valence-corrected chi connectivity index (χ0v) is 15.8. The molecule has 1 atom stereocenters. The van der Waals surface area contributed by atoms with Crippen LogP contribution >= 0.6 is 0 Å². The smallest absolute Gasteiger partial charge is 0.313 e. The zero-order chi connectivity index (χ0) is 19.7. The number of methoxy groups -OCH3 is 3. The summed E-state index contributed by atoms with van der Waals surface area (Å²) in [6.07, 6.45) is 0.193. The highest BCUT2D eigenvalue weighted by molar-refractivity contribution is 5.81. The number of rotatable bonds is 5. The number of aromatic amines is 1. The molecule has 0 saturated heterocycles. The molecule has 2 heterocycles. The monoisotopic (exact) mass is 380 g/mol. The highest BCUT2D eigenvalue weighted by Gasteiger charge is 2.35. The molecule has 1 aliphatic rings. The number of carbonyl (C=O) groups excluding carboxylic acids is 1. The van der Waals surface area contributed by atoms with Gasteiger partial charge < -0.3 is 18.9 Å². The fourth-order valence-corrected chi connectivity index (χ4v) is 3.50. The number of H-pyrrole nitrogens is 1. The Hall–Kier alpha value is -3.48. The van der Waals surface area contributed by atoms with E-state index in [1.54, 1.807) is 21.3 Å². The van der Waals surface area contributed by atoms with Gasteiger partial charge in [-0.1, -0.05) is 6.07 Å². The van der Waals surface area contributed by atoms with Gasteiger partial charge >= 0.3 is 5.97 Å². The number of esters is 1. The van der Waals surface area contributed by atoms with Crippen molar-refractivity contribution < 1.29 is 23.7 Å². The van der Waals surface area contributed by atoms with E-state index >= 15 is 0 Å². The third kappa shape index (κ3) is 3.05. The lowest BCUT2D eigenvalue weighted by molar-refractivity contribution is -0.135. The Bertz CT molecular complexity index is 1010. The van der Waals surface area contributed by atoms with Gasteiger partial charge in [-0.2, -0.15) is 0 Å². The predicted molar refractivity (Wildman–Crippen MR) is 102 cm³/mol. The quantitative estimate of drug-likeness (QED) is 0.682. The number of hydrogen-bond acceptors (Lipinski definition) is 6. The van der Waals surface area contributed by atoms with Crippen molar-refractivity contribution in [1.29, 1.82) is 0 Å². The first-order valence-corrected chi connectivity index (χ1v) is 8.80. The summed E-state index contributed by atoms with van der Waals surface area (Å²) >= 11 is 0. The van der Waals surface area contributed by atoms with Crippen LogP contribution in [-0.2, 0) is 4.79 Å². The van der Waals surface area contributed by atoms with Gasteiger partial charge in [0.25, 0.3) is 0 Å². The molecule has 1 N–H and O–H groups in total. The van der Waals surface area contributed by atoms with Gasteiger partial charge in [0.05, 0.1) is 39.0 Å². The number of benzene rings is 2. The SMILES string of the molecule is COc1ccc(-c2[nH]nc3c2C(c2ccc(OC)cc2OC)CC(=O)O3)cc1. The van der Waals surface area contributed by atoms with E-state index in [4.69, 9.17) is 18.9 Å². The van der Waals surface area contributed by atoms with Gasteiger partial charge in [0.1, 0.15) is 17.2 Å². The van der Waals surface area contributed by atoms with Gasteiger partial charge in [-0.15, -0.1) is 5.10 Å². The molecule has 0 fully saturated rings. The zero-order valence-electron chi connectivity index (χ0n) is 15.8. The molecule has 0 aliphatic carbocycles. The van der Waals surface area contributed by atoms with Crippen LogP contribution in [0.3, 0.4) is 0 Å². The molecule has 7 heteroatoms. The molecule has 2 aromatic carbocycles. The first-order chi connectivity index (χ1) is 13.6. The van der Waals surface area contributed by atoms with Crippen LogP contribution in [0.4, 0.5) is 0 Å². The van der Waals surface area contributed by atoms with Crippen LogP contribution in [0.1, 0.15) is 23.5 Å². The van der Waals surface area contributed by atoms with Crippen molar-refractivity contribution >= 4 is 5.97 Å². The molecule has 1 unspecified atom stereocenters. The molecule has 0 bridgehead atoms. The lowest BCUT2D eigenvalue weighted by Gasteiger charge is -2.24. The van der Waals surface area contributed by atoms with Crippen molar-refractivity contribution in [2.45, 2.75) is 12.3 Å². The number of nitrogens with zero attached hydrogens (tertiary/aromatic N) is 1. The number of ether oxygens (including phenoxy) is 4. The molecule has 0 spiro atoms. The third-order valence-corrected chi connectivity index (χ3v) is 4.89. The van der Waals surface area contributed by atoms with Gasteiger partial charge in [0.15, 0.2) is 0 Å². The van der Waals surface area contributed by atoms with E-state index in [1.807, 2.05) is 42.5 Å². The van der Waals surface area contributed by atoms with Crippen LogP contribution in [0.25, 0.3) is 11.3 Å². The van der Waals surface area contributed by atoms with Gasteiger partial charge in [-0.05, 0) is 30.3 Å². The van der Waals surface area contributed by atoms with Crippen molar-refractivity contribution in [1.82, 2.24) is 10.2 Å². The van der Waals surface area contributed by atoms with Gasteiger partial charge in [0, 0.05) is 23.1 Å². The maximum Gasteiger partial charge on any atom is 0.313 e. The number of nitrogens with one attached hydrogen (secondary N) is 1. The second-order valence-electron chi connectivity index (χ2n) is 6.38. The van der Waals surface area contributed by atoms with Gasteiger partial charge in [0.2, 0.25) is 5.88 Å². The number of carbonyl (C=O) groups is 1. The molecule has 1 aromatic heterocycles. The standard InChI is InChI=1S/C21H20N2O5/c1-25-13-6-4-12(5-7-13)20-19-16(11-18(24)28-21(19)23-22-20)15-9-8-14(26-2)10-17(15)27-3/h4-10,16H,11H2,1-3H3,(H,22,23). The Labute approximate surface area is 162 Å². The summed E-state index contributed by atoms with van der Waals surface area (Å²) in [5.41, 5.74) is 3.42. The first-order valence-electron chi connectivity index (χ1n) is 8.80.